The summed E-state index contributed by atoms with van der Waals surface area (Å²) in [6.45, 7) is 0.289. The molecular weight excluding hydrogens is 280 g/mol. The molecule has 6 heteroatoms. The van der Waals surface area contributed by atoms with E-state index in [0.29, 0.717) is 27.6 Å². The Morgan fingerprint density at radius 2 is 2.10 bits per heavy atom. The highest BCUT2D eigenvalue weighted by molar-refractivity contribution is 6.31. The summed E-state index contributed by atoms with van der Waals surface area (Å²) >= 11 is 6.05. The Hall–Kier alpha value is -2.40. The van der Waals surface area contributed by atoms with Crippen molar-refractivity contribution in [2.75, 3.05) is 5.73 Å². The molecule has 0 aliphatic carbocycles. The number of aromatic amines is 1. The Kier molecular flexibility index (Phi) is 3.12. The van der Waals surface area contributed by atoms with E-state index in [-0.39, 0.29) is 6.61 Å². The number of aromatic nitrogens is 1. The molecule has 0 saturated carbocycles. The molecule has 0 fully saturated rings. The standard InChI is InChI=1S/C14H11ClN2O3/c15-9-4-2-1-3-8(9)7-19-12-6-11-13(5-10(12)16)20-14(18)17-11/h1-6H,7,16H2,(H,17,18). The molecule has 0 unspecified atom stereocenters. The highest BCUT2D eigenvalue weighted by Gasteiger charge is 2.08. The second-order valence-electron chi connectivity index (χ2n) is 4.28. The van der Waals surface area contributed by atoms with E-state index in [1.54, 1.807) is 18.2 Å². The maximum Gasteiger partial charge on any atom is 0.417 e. The number of ether oxygens (including phenoxy) is 1. The Balaban J connectivity index is 1.89. The van der Waals surface area contributed by atoms with Crippen molar-refractivity contribution in [1.82, 2.24) is 4.98 Å². The Labute approximate surface area is 118 Å². The highest BCUT2D eigenvalue weighted by atomic mass is 35.5. The first-order chi connectivity index (χ1) is 9.63. The van der Waals surface area contributed by atoms with E-state index in [4.69, 9.17) is 26.5 Å². The predicted octanol–water partition coefficient (Wildman–Crippen LogP) is 2.94. The van der Waals surface area contributed by atoms with Crippen LogP contribution in [0, 0.1) is 0 Å². The van der Waals surface area contributed by atoms with Crippen LogP contribution in [0.3, 0.4) is 0 Å². The summed E-state index contributed by atoms with van der Waals surface area (Å²) in [6, 6.07) is 10.6. The lowest BCUT2D eigenvalue weighted by atomic mass is 10.2. The van der Waals surface area contributed by atoms with Gasteiger partial charge in [0.1, 0.15) is 12.4 Å². The first-order valence-electron chi connectivity index (χ1n) is 5.92. The number of nitrogens with one attached hydrogen (secondary N) is 1. The van der Waals surface area contributed by atoms with E-state index < -0.39 is 5.76 Å². The highest BCUT2D eigenvalue weighted by Crippen LogP contribution is 2.28. The van der Waals surface area contributed by atoms with Crippen LogP contribution in [0.1, 0.15) is 5.56 Å². The zero-order valence-electron chi connectivity index (χ0n) is 10.4. The van der Waals surface area contributed by atoms with Crippen molar-refractivity contribution in [2.45, 2.75) is 6.61 Å². The monoisotopic (exact) mass is 290 g/mol. The largest absolute Gasteiger partial charge is 0.487 e. The maximum absolute atomic E-state index is 11.1. The summed E-state index contributed by atoms with van der Waals surface area (Å²) in [4.78, 5) is 13.7. The Morgan fingerprint density at radius 3 is 2.90 bits per heavy atom. The molecule has 3 rings (SSSR count). The van der Waals surface area contributed by atoms with Gasteiger partial charge in [-0.15, -0.1) is 0 Å². The van der Waals surface area contributed by atoms with Gasteiger partial charge in [-0.3, -0.25) is 4.98 Å². The fourth-order valence-electron chi connectivity index (χ4n) is 1.89. The van der Waals surface area contributed by atoms with Gasteiger partial charge in [0.05, 0.1) is 11.2 Å². The minimum absolute atomic E-state index is 0.289. The molecule has 0 aliphatic heterocycles. The lowest BCUT2D eigenvalue weighted by Gasteiger charge is -2.09. The van der Waals surface area contributed by atoms with Gasteiger partial charge in [-0.2, -0.15) is 0 Å². The van der Waals surface area contributed by atoms with Gasteiger partial charge < -0.3 is 14.9 Å². The zero-order valence-corrected chi connectivity index (χ0v) is 11.1. The van der Waals surface area contributed by atoms with E-state index >= 15 is 0 Å². The van der Waals surface area contributed by atoms with Crippen molar-refractivity contribution in [1.29, 1.82) is 0 Å². The predicted molar refractivity (Wildman–Crippen MR) is 77.0 cm³/mol. The van der Waals surface area contributed by atoms with Gasteiger partial charge in [-0.1, -0.05) is 29.8 Å². The number of hydrogen-bond acceptors (Lipinski definition) is 4. The van der Waals surface area contributed by atoms with Gasteiger partial charge in [-0.25, -0.2) is 4.79 Å². The lowest BCUT2D eigenvalue weighted by Crippen LogP contribution is -1.99. The number of oxazole rings is 1. The quantitative estimate of drug-likeness (QED) is 0.727. The van der Waals surface area contributed by atoms with Crippen LogP contribution in [0.4, 0.5) is 5.69 Å². The fourth-order valence-corrected chi connectivity index (χ4v) is 2.08. The number of rotatable bonds is 3. The van der Waals surface area contributed by atoms with E-state index in [9.17, 15) is 4.79 Å². The minimum atomic E-state index is -0.525. The molecule has 0 aliphatic rings. The van der Waals surface area contributed by atoms with Crippen molar-refractivity contribution >= 4 is 28.4 Å². The topological polar surface area (TPSA) is 81.2 Å². The number of nitrogen functional groups attached to an aromatic ring is 1. The number of halogens is 1. The summed E-state index contributed by atoms with van der Waals surface area (Å²) < 4.78 is 10.6. The molecule has 5 nitrogen and oxygen atoms in total. The molecule has 1 aromatic heterocycles. The van der Waals surface area contributed by atoms with Crippen LogP contribution in [0.2, 0.25) is 5.02 Å². The van der Waals surface area contributed by atoms with Gasteiger partial charge in [0.2, 0.25) is 0 Å². The second kappa shape index (κ2) is 4.94. The van der Waals surface area contributed by atoms with Crippen LogP contribution in [-0.4, -0.2) is 4.98 Å². The van der Waals surface area contributed by atoms with Crippen LogP contribution in [-0.2, 0) is 6.61 Å². The number of H-pyrrole nitrogens is 1. The van der Waals surface area contributed by atoms with Crippen molar-refractivity contribution in [3.8, 4) is 5.75 Å². The first kappa shape index (κ1) is 12.6. The fraction of sp³-hybridized carbons (Fsp3) is 0.0714. The van der Waals surface area contributed by atoms with Crippen molar-refractivity contribution in [3.05, 3.63) is 57.5 Å². The number of anilines is 1. The lowest BCUT2D eigenvalue weighted by molar-refractivity contribution is 0.308. The van der Waals surface area contributed by atoms with Crippen molar-refractivity contribution in [3.63, 3.8) is 0 Å². The molecule has 3 N–H and O–H groups in total. The normalized spacial score (nSPS) is 10.8. The third-order valence-corrected chi connectivity index (χ3v) is 3.26. The number of fused-ring (bicyclic) bond motifs is 1. The summed E-state index contributed by atoms with van der Waals surface area (Å²) in [5.74, 6) is -0.0582. The summed E-state index contributed by atoms with van der Waals surface area (Å²) in [6.07, 6.45) is 0. The average Bonchev–Trinajstić information content (AvgIpc) is 2.76. The third kappa shape index (κ3) is 2.35. The van der Waals surface area contributed by atoms with Crippen LogP contribution in [0.5, 0.6) is 5.75 Å². The molecule has 1 heterocycles. The molecule has 102 valence electrons. The molecule has 0 radical (unpaired) electrons. The third-order valence-electron chi connectivity index (χ3n) is 2.89. The summed E-state index contributed by atoms with van der Waals surface area (Å²) in [5, 5.41) is 0.629. The molecule has 3 aromatic rings. The number of benzene rings is 2. The van der Waals surface area contributed by atoms with E-state index in [0.717, 1.165) is 5.56 Å². The zero-order chi connectivity index (χ0) is 14.1. The molecule has 0 atom stereocenters. The molecule has 2 aromatic carbocycles. The van der Waals surface area contributed by atoms with Crippen molar-refractivity contribution < 1.29 is 9.15 Å². The molecule has 0 bridgehead atoms. The van der Waals surface area contributed by atoms with Gasteiger partial charge in [-0.05, 0) is 6.07 Å². The number of hydrogen-bond donors (Lipinski definition) is 2. The van der Waals surface area contributed by atoms with Gasteiger partial charge in [0.15, 0.2) is 5.58 Å². The molecule has 0 amide bonds. The van der Waals surface area contributed by atoms with E-state index in [2.05, 4.69) is 4.98 Å². The first-order valence-corrected chi connectivity index (χ1v) is 6.30. The van der Waals surface area contributed by atoms with Crippen molar-refractivity contribution in [2.24, 2.45) is 0 Å². The molecule has 0 saturated heterocycles. The van der Waals surface area contributed by atoms with Gasteiger partial charge in [0.25, 0.3) is 0 Å². The minimum Gasteiger partial charge on any atom is -0.487 e. The average molecular weight is 291 g/mol. The van der Waals surface area contributed by atoms with E-state index in [1.807, 2.05) is 18.2 Å². The van der Waals surface area contributed by atoms with Crippen LogP contribution in [0.15, 0.2) is 45.6 Å². The Morgan fingerprint density at radius 1 is 1.30 bits per heavy atom. The van der Waals surface area contributed by atoms with Gasteiger partial charge >= 0.3 is 5.76 Å². The van der Waals surface area contributed by atoms with Gasteiger partial charge in [0, 0.05) is 22.7 Å². The van der Waals surface area contributed by atoms with Crippen LogP contribution < -0.4 is 16.2 Å². The second-order valence-corrected chi connectivity index (χ2v) is 4.69. The Bertz CT molecular complexity index is 823. The summed E-state index contributed by atoms with van der Waals surface area (Å²) in [5.41, 5.74) is 8.06. The molecule has 0 spiro atoms. The molecular formula is C14H11ClN2O3. The van der Waals surface area contributed by atoms with Crippen LogP contribution >= 0.6 is 11.6 Å². The number of nitrogens with two attached hydrogens (primary N) is 1. The SMILES string of the molecule is Nc1cc2oc(=O)[nH]c2cc1OCc1ccccc1Cl. The smallest absolute Gasteiger partial charge is 0.417 e. The maximum atomic E-state index is 11.1. The van der Waals surface area contributed by atoms with E-state index in [1.165, 1.54) is 0 Å². The molecule has 20 heavy (non-hydrogen) atoms. The van der Waals surface area contributed by atoms with Crippen LogP contribution in [0.25, 0.3) is 11.1 Å². The summed E-state index contributed by atoms with van der Waals surface area (Å²) in [7, 11) is 0.